The van der Waals surface area contributed by atoms with Gasteiger partial charge in [0, 0.05) is 6.04 Å². The molecule has 1 heteroatoms. The van der Waals surface area contributed by atoms with E-state index in [1.54, 1.807) is 0 Å². The molecule has 0 bridgehead atoms. The molecular formula is C19H31N. The van der Waals surface area contributed by atoms with E-state index in [-0.39, 0.29) is 0 Å². The zero-order valence-electron chi connectivity index (χ0n) is 13.3. The van der Waals surface area contributed by atoms with Gasteiger partial charge in [0.1, 0.15) is 0 Å². The van der Waals surface area contributed by atoms with E-state index in [0.717, 1.165) is 12.0 Å². The molecule has 1 aliphatic rings. The molecule has 1 aromatic carbocycles. The van der Waals surface area contributed by atoms with Gasteiger partial charge in [-0.05, 0) is 56.0 Å². The summed E-state index contributed by atoms with van der Waals surface area (Å²) in [6.07, 6.45) is 9.72. The molecule has 1 fully saturated rings. The average Bonchev–Trinajstić information content (AvgIpc) is 2.50. The summed E-state index contributed by atoms with van der Waals surface area (Å²) < 4.78 is 0. The van der Waals surface area contributed by atoms with Gasteiger partial charge in [-0.2, -0.15) is 0 Å². The minimum Gasteiger partial charge on any atom is -0.314 e. The van der Waals surface area contributed by atoms with Crippen molar-refractivity contribution < 1.29 is 0 Å². The molecular weight excluding hydrogens is 242 g/mol. The molecule has 20 heavy (non-hydrogen) atoms. The van der Waals surface area contributed by atoms with Crippen LogP contribution < -0.4 is 5.32 Å². The summed E-state index contributed by atoms with van der Waals surface area (Å²) in [7, 11) is 0. The summed E-state index contributed by atoms with van der Waals surface area (Å²) in [6.45, 7) is 5.82. The molecule has 0 aromatic heterocycles. The Bertz CT molecular complexity index is 351. The van der Waals surface area contributed by atoms with Crippen LogP contribution >= 0.6 is 0 Å². The molecule has 0 saturated heterocycles. The van der Waals surface area contributed by atoms with E-state index in [0.29, 0.717) is 5.92 Å². The Morgan fingerprint density at radius 2 is 1.80 bits per heavy atom. The Hall–Kier alpha value is -0.820. The molecule has 112 valence electrons. The SMILES string of the molecule is CCCC1CCC(NCCC(C)c2ccccc2)CC1. The first-order valence-electron chi connectivity index (χ1n) is 8.58. The maximum atomic E-state index is 3.78. The van der Waals surface area contributed by atoms with Crippen molar-refractivity contribution in [3.8, 4) is 0 Å². The van der Waals surface area contributed by atoms with E-state index < -0.39 is 0 Å². The lowest BCUT2D eigenvalue weighted by atomic mass is 9.83. The predicted octanol–water partition coefficient (Wildman–Crippen LogP) is 5.13. The van der Waals surface area contributed by atoms with Crippen LogP contribution in [0.5, 0.6) is 0 Å². The minimum absolute atomic E-state index is 0.667. The smallest absolute Gasteiger partial charge is 0.00672 e. The molecule has 1 atom stereocenters. The van der Waals surface area contributed by atoms with Gasteiger partial charge in [-0.3, -0.25) is 0 Å². The third-order valence-electron chi connectivity index (χ3n) is 4.92. The zero-order valence-corrected chi connectivity index (χ0v) is 13.3. The minimum atomic E-state index is 0.667. The van der Waals surface area contributed by atoms with Gasteiger partial charge in [0.05, 0.1) is 0 Å². The van der Waals surface area contributed by atoms with Crippen molar-refractivity contribution >= 4 is 0 Å². The van der Waals surface area contributed by atoms with Gasteiger partial charge in [-0.1, -0.05) is 57.0 Å². The molecule has 1 N–H and O–H groups in total. The van der Waals surface area contributed by atoms with Crippen molar-refractivity contribution in [2.75, 3.05) is 6.54 Å². The van der Waals surface area contributed by atoms with Crippen LogP contribution in [0.1, 0.15) is 70.3 Å². The first kappa shape index (κ1) is 15.6. The normalized spacial score (nSPS) is 24.5. The van der Waals surface area contributed by atoms with Crippen LogP contribution in [-0.4, -0.2) is 12.6 Å². The number of benzene rings is 1. The molecule has 0 radical (unpaired) electrons. The highest BCUT2D eigenvalue weighted by Crippen LogP contribution is 2.28. The van der Waals surface area contributed by atoms with Gasteiger partial charge in [0.15, 0.2) is 0 Å². The maximum Gasteiger partial charge on any atom is 0.00672 e. The second-order valence-electron chi connectivity index (χ2n) is 6.56. The molecule has 0 heterocycles. The summed E-state index contributed by atoms with van der Waals surface area (Å²) >= 11 is 0. The van der Waals surface area contributed by atoms with Crippen LogP contribution in [0.3, 0.4) is 0 Å². The lowest BCUT2D eigenvalue weighted by molar-refractivity contribution is 0.277. The molecule has 1 saturated carbocycles. The van der Waals surface area contributed by atoms with Crippen LogP contribution in [0, 0.1) is 5.92 Å². The second kappa shape index (κ2) is 8.46. The van der Waals surface area contributed by atoms with E-state index in [1.165, 1.54) is 57.1 Å². The highest BCUT2D eigenvalue weighted by Gasteiger charge is 2.20. The summed E-state index contributed by atoms with van der Waals surface area (Å²) in [5, 5.41) is 3.78. The summed E-state index contributed by atoms with van der Waals surface area (Å²) in [5.74, 6) is 1.68. The van der Waals surface area contributed by atoms with E-state index in [9.17, 15) is 0 Å². The standard InChI is InChI=1S/C19H31N/c1-3-7-17-10-12-19(13-11-17)20-15-14-16(2)18-8-5-4-6-9-18/h4-6,8-9,16-17,19-20H,3,7,10-15H2,1-2H3. The third kappa shape index (κ3) is 4.94. The zero-order chi connectivity index (χ0) is 14.2. The second-order valence-corrected chi connectivity index (χ2v) is 6.56. The van der Waals surface area contributed by atoms with Crippen molar-refractivity contribution in [3.63, 3.8) is 0 Å². The lowest BCUT2D eigenvalue weighted by Gasteiger charge is -2.29. The fourth-order valence-electron chi connectivity index (χ4n) is 3.52. The topological polar surface area (TPSA) is 12.0 Å². The Balaban J connectivity index is 1.62. The molecule has 2 rings (SSSR count). The number of hydrogen-bond acceptors (Lipinski definition) is 1. The fourth-order valence-corrected chi connectivity index (χ4v) is 3.52. The number of nitrogens with one attached hydrogen (secondary N) is 1. The van der Waals surface area contributed by atoms with E-state index in [1.807, 2.05) is 0 Å². The Kier molecular flexibility index (Phi) is 6.59. The van der Waals surface area contributed by atoms with Gasteiger partial charge in [-0.25, -0.2) is 0 Å². The van der Waals surface area contributed by atoms with Gasteiger partial charge in [0.25, 0.3) is 0 Å². The molecule has 1 nitrogen and oxygen atoms in total. The summed E-state index contributed by atoms with van der Waals surface area (Å²) in [5.41, 5.74) is 1.47. The lowest BCUT2D eigenvalue weighted by Crippen LogP contribution is -2.34. The van der Waals surface area contributed by atoms with Crippen LogP contribution in [0.25, 0.3) is 0 Å². The number of hydrogen-bond donors (Lipinski definition) is 1. The van der Waals surface area contributed by atoms with E-state index >= 15 is 0 Å². The highest BCUT2D eigenvalue weighted by atomic mass is 14.9. The average molecular weight is 273 g/mol. The quantitative estimate of drug-likeness (QED) is 0.726. The van der Waals surface area contributed by atoms with Gasteiger partial charge >= 0.3 is 0 Å². The van der Waals surface area contributed by atoms with Crippen molar-refractivity contribution in [3.05, 3.63) is 35.9 Å². The van der Waals surface area contributed by atoms with Crippen LogP contribution in [0.15, 0.2) is 30.3 Å². The monoisotopic (exact) mass is 273 g/mol. The predicted molar refractivity (Wildman–Crippen MR) is 88.1 cm³/mol. The molecule has 1 aromatic rings. The van der Waals surface area contributed by atoms with Crippen LogP contribution in [-0.2, 0) is 0 Å². The van der Waals surface area contributed by atoms with E-state index in [4.69, 9.17) is 0 Å². The van der Waals surface area contributed by atoms with Crippen molar-refractivity contribution in [2.45, 2.75) is 70.8 Å². The Morgan fingerprint density at radius 1 is 1.10 bits per heavy atom. The molecule has 0 amide bonds. The van der Waals surface area contributed by atoms with Crippen LogP contribution in [0.2, 0.25) is 0 Å². The first-order chi connectivity index (χ1) is 9.79. The Morgan fingerprint density at radius 3 is 2.45 bits per heavy atom. The van der Waals surface area contributed by atoms with Crippen molar-refractivity contribution in [1.82, 2.24) is 5.32 Å². The van der Waals surface area contributed by atoms with Crippen molar-refractivity contribution in [1.29, 1.82) is 0 Å². The van der Waals surface area contributed by atoms with Crippen molar-refractivity contribution in [2.24, 2.45) is 5.92 Å². The summed E-state index contributed by atoms with van der Waals surface area (Å²) in [6, 6.07) is 11.7. The molecule has 1 aliphatic carbocycles. The van der Waals surface area contributed by atoms with E-state index in [2.05, 4.69) is 49.5 Å². The first-order valence-corrected chi connectivity index (χ1v) is 8.58. The summed E-state index contributed by atoms with van der Waals surface area (Å²) in [4.78, 5) is 0. The third-order valence-corrected chi connectivity index (χ3v) is 4.92. The van der Waals surface area contributed by atoms with Crippen LogP contribution in [0.4, 0.5) is 0 Å². The fraction of sp³-hybridized carbons (Fsp3) is 0.684. The molecule has 0 aliphatic heterocycles. The van der Waals surface area contributed by atoms with Gasteiger partial charge in [-0.15, -0.1) is 0 Å². The van der Waals surface area contributed by atoms with Gasteiger partial charge in [0.2, 0.25) is 0 Å². The largest absolute Gasteiger partial charge is 0.314 e. The number of rotatable bonds is 7. The molecule has 1 unspecified atom stereocenters. The molecule has 0 spiro atoms. The van der Waals surface area contributed by atoms with Gasteiger partial charge < -0.3 is 5.32 Å². The maximum absolute atomic E-state index is 3.78. The highest BCUT2D eigenvalue weighted by molar-refractivity contribution is 5.18. The Labute approximate surface area is 125 Å².